The van der Waals surface area contributed by atoms with Crippen LogP contribution in [0.3, 0.4) is 0 Å². The summed E-state index contributed by atoms with van der Waals surface area (Å²) in [7, 11) is -8.65. The average Bonchev–Trinajstić information content (AvgIpc) is 3.28. The molecule has 0 spiro atoms. The molecule has 2 heterocycles. The van der Waals surface area contributed by atoms with Gasteiger partial charge in [-0.05, 0) is 86.5 Å². The Balaban J connectivity index is 1.55. The summed E-state index contributed by atoms with van der Waals surface area (Å²) in [6.45, 7) is 2.70. The SMILES string of the molecule is Cc1nc(-c2ccc(S(F)(F)(F)(F)F)cc2)ncc1C(=O)N[C@@H](CCN)C(=O)N(C)[C@@H]1C(=O)N[C@@H](C)C(=O)N[C@H](C(=O)NCC#N)Cc2ccc(OCCN)c(c2)-c2cc1ccc2OCCN. The summed E-state index contributed by atoms with van der Waals surface area (Å²) in [5, 5.41) is 19.4. The molecule has 0 unspecified atom stereocenters. The molecule has 67 heavy (non-hydrogen) atoms. The zero-order valence-electron chi connectivity index (χ0n) is 36.5. The highest BCUT2D eigenvalue weighted by atomic mass is 32.5. The van der Waals surface area contributed by atoms with E-state index in [2.05, 4.69) is 31.2 Å². The fraction of sp³-hybridized carbons (Fsp3) is 0.349. The van der Waals surface area contributed by atoms with E-state index < -0.39 is 68.8 Å². The molecule has 0 fully saturated rings. The van der Waals surface area contributed by atoms with Crippen molar-refractivity contribution < 1.29 is 52.9 Å². The van der Waals surface area contributed by atoms with E-state index >= 15 is 0 Å². The number of nitriles is 1. The summed E-state index contributed by atoms with van der Waals surface area (Å²) >= 11 is 0. The Kier molecular flexibility index (Phi) is 15.5. The van der Waals surface area contributed by atoms with E-state index in [4.69, 9.17) is 31.9 Å². The van der Waals surface area contributed by atoms with Crippen LogP contribution in [-0.2, 0) is 25.6 Å². The van der Waals surface area contributed by atoms with Crippen molar-refractivity contribution in [2.45, 2.75) is 55.8 Å². The molecule has 4 atom stereocenters. The van der Waals surface area contributed by atoms with Gasteiger partial charge in [-0.1, -0.05) is 31.6 Å². The van der Waals surface area contributed by atoms with Gasteiger partial charge in [-0.15, -0.1) is 0 Å². The van der Waals surface area contributed by atoms with Crippen molar-refractivity contribution in [2.75, 3.05) is 46.4 Å². The summed E-state index contributed by atoms with van der Waals surface area (Å²) in [4.78, 5) is 76.9. The second-order valence-corrected chi connectivity index (χ2v) is 17.8. The van der Waals surface area contributed by atoms with Crippen molar-refractivity contribution in [2.24, 2.45) is 17.2 Å². The van der Waals surface area contributed by atoms with Gasteiger partial charge in [-0.3, -0.25) is 24.0 Å². The van der Waals surface area contributed by atoms with E-state index in [9.17, 15) is 43.4 Å². The average molecular weight is 960 g/mol. The second kappa shape index (κ2) is 20.3. The predicted octanol–water partition coefficient (Wildman–Crippen LogP) is 3.28. The first-order chi connectivity index (χ1) is 31.5. The molecular weight excluding hydrogens is 910 g/mol. The number of nitrogens with zero attached hydrogens (tertiary/aromatic N) is 4. The monoisotopic (exact) mass is 959 g/mol. The Morgan fingerprint density at radius 2 is 1.54 bits per heavy atom. The largest absolute Gasteiger partial charge is 0.492 e. The molecule has 3 aromatic carbocycles. The van der Waals surface area contributed by atoms with Gasteiger partial charge < -0.3 is 52.8 Å². The summed E-state index contributed by atoms with van der Waals surface area (Å²) in [5.74, 6) is -3.55. The van der Waals surface area contributed by atoms with Gasteiger partial charge in [0.2, 0.25) is 23.6 Å². The molecule has 0 radical (unpaired) electrons. The van der Waals surface area contributed by atoms with Gasteiger partial charge in [0.1, 0.15) is 60.3 Å². The third-order valence-corrected chi connectivity index (χ3v) is 11.6. The van der Waals surface area contributed by atoms with Crippen molar-refractivity contribution in [3.63, 3.8) is 0 Å². The summed E-state index contributed by atoms with van der Waals surface area (Å²) in [6, 6.07) is 8.05. The maximum atomic E-state index is 14.6. The number of hydrogen-bond donors (Lipinski definition) is 7. The van der Waals surface area contributed by atoms with E-state index in [0.717, 1.165) is 23.2 Å². The smallest absolute Gasteiger partial charge is 0.310 e. The lowest BCUT2D eigenvalue weighted by atomic mass is 9.93. The van der Waals surface area contributed by atoms with Crippen molar-refractivity contribution >= 4 is 39.8 Å². The molecule has 1 aromatic heterocycles. The molecule has 0 aliphatic carbocycles. The zero-order chi connectivity index (χ0) is 49.3. The quantitative estimate of drug-likeness (QED) is 0.0628. The maximum absolute atomic E-state index is 14.6. The number of nitrogens with two attached hydrogens (primary N) is 3. The van der Waals surface area contributed by atoms with E-state index in [1.54, 1.807) is 30.3 Å². The molecular formula is C43H50F5N11O7S. The highest BCUT2D eigenvalue weighted by molar-refractivity contribution is 8.45. The molecule has 18 nitrogen and oxygen atoms in total. The standard InChI is InChI=1S/C43H50F5N11O7S/c1-24-32(23-54-38(55-24)27-5-8-29(9-6-27)67(44,45,46,47)48)40(61)57-33(12-13-49)43(64)59(3)37-28-7-11-36(66-19-16-52)31(22-28)30-20-26(4-10-35(30)65-18-15-51)21-34(41(62)53-17-14-50)58-39(60)25(2)56-42(37)63/h4-11,20,22-23,25,33-34,37H,12-13,15-19,21,49,51-52H2,1-3H3,(H,53,62)(H,56,63)(H,57,61)(H,58,60)/t25-,33-,34-,37-/m0/s1. The molecule has 1 aliphatic heterocycles. The number of carbonyl (C=O) groups is 5. The highest BCUT2D eigenvalue weighted by Gasteiger charge is 2.65. The minimum atomic E-state index is -9.94. The number of rotatable bonds is 16. The molecule has 1 aliphatic rings. The number of hydrogen-bond acceptors (Lipinski definition) is 13. The number of carbonyl (C=O) groups excluding carboxylic acids is 5. The van der Waals surface area contributed by atoms with Gasteiger partial charge in [0, 0.05) is 49.4 Å². The van der Waals surface area contributed by atoms with Crippen molar-refractivity contribution in [1.82, 2.24) is 36.1 Å². The van der Waals surface area contributed by atoms with E-state index in [1.165, 1.54) is 27.0 Å². The fourth-order valence-electron chi connectivity index (χ4n) is 7.06. The molecule has 360 valence electrons. The number of benzene rings is 3. The first-order valence-corrected chi connectivity index (χ1v) is 22.6. The number of halogens is 5. The summed E-state index contributed by atoms with van der Waals surface area (Å²) in [6.07, 6.45) is 0.838. The van der Waals surface area contributed by atoms with Crippen molar-refractivity contribution in [3.05, 3.63) is 89.2 Å². The third-order valence-electron chi connectivity index (χ3n) is 10.4. The summed E-state index contributed by atoms with van der Waals surface area (Å²) < 4.78 is 78.5. The Hall–Kier alpha value is -6.94. The van der Waals surface area contributed by atoms with Crippen LogP contribution < -0.4 is 47.9 Å². The molecule has 0 saturated carbocycles. The minimum Gasteiger partial charge on any atom is -0.492 e. The molecule has 4 aromatic rings. The third kappa shape index (κ3) is 12.7. The lowest BCUT2D eigenvalue weighted by Crippen LogP contribution is -2.56. The Morgan fingerprint density at radius 1 is 0.910 bits per heavy atom. The van der Waals surface area contributed by atoms with Gasteiger partial charge in [-0.25, -0.2) is 9.97 Å². The molecule has 5 rings (SSSR count). The Bertz CT molecular complexity index is 2570. The van der Waals surface area contributed by atoms with Crippen LogP contribution in [0.2, 0.25) is 0 Å². The zero-order valence-corrected chi connectivity index (χ0v) is 37.3. The second-order valence-electron chi connectivity index (χ2n) is 15.4. The van der Waals surface area contributed by atoms with Crippen LogP contribution in [0.15, 0.2) is 71.8 Å². The number of fused-ring (bicyclic) bond motifs is 5. The predicted molar refractivity (Wildman–Crippen MR) is 237 cm³/mol. The van der Waals surface area contributed by atoms with Crippen LogP contribution >= 0.6 is 10.2 Å². The lowest BCUT2D eigenvalue weighted by Gasteiger charge is -2.40. The van der Waals surface area contributed by atoms with Gasteiger partial charge >= 0.3 is 10.2 Å². The minimum absolute atomic E-state index is 0.0115. The first kappa shape index (κ1) is 51.1. The number of aryl methyl sites for hydroxylation is 1. The lowest BCUT2D eigenvalue weighted by molar-refractivity contribution is -0.141. The van der Waals surface area contributed by atoms with E-state index in [-0.39, 0.29) is 92.6 Å². The van der Waals surface area contributed by atoms with E-state index in [1.807, 2.05) is 6.07 Å². The maximum Gasteiger partial charge on any atom is 0.310 e. The first-order valence-electron chi connectivity index (χ1n) is 20.6. The summed E-state index contributed by atoms with van der Waals surface area (Å²) in [5.41, 5.74) is 18.8. The molecule has 5 amide bonds. The van der Waals surface area contributed by atoms with Crippen LogP contribution in [0, 0.1) is 18.3 Å². The molecule has 24 heteroatoms. The van der Waals surface area contributed by atoms with Crippen LogP contribution in [0.1, 0.15) is 46.6 Å². The topological polar surface area (TPSA) is 283 Å². The number of likely N-dealkylation sites (N-methyl/N-ethyl adjacent to an activating group) is 1. The molecule has 4 bridgehead atoms. The van der Waals surface area contributed by atoms with Gasteiger partial charge in [-0.2, -0.15) is 5.26 Å². The van der Waals surface area contributed by atoms with E-state index in [0.29, 0.717) is 28.2 Å². The number of aromatic nitrogens is 2. The van der Waals surface area contributed by atoms with Crippen molar-refractivity contribution in [1.29, 1.82) is 5.26 Å². The van der Waals surface area contributed by atoms with Crippen molar-refractivity contribution in [3.8, 4) is 40.1 Å². The molecule has 10 N–H and O–H groups in total. The number of ether oxygens (including phenoxy) is 2. The van der Waals surface area contributed by atoms with Crippen LogP contribution in [0.5, 0.6) is 11.5 Å². The highest BCUT2D eigenvalue weighted by Crippen LogP contribution is 3.02. The van der Waals surface area contributed by atoms with Crippen LogP contribution in [0.4, 0.5) is 19.4 Å². The van der Waals surface area contributed by atoms with Gasteiger partial charge in [0.25, 0.3) is 5.91 Å². The Labute approximate surface area is 381 Å². The molecule has 0 saturated heterocycles. The van der Waals surface area contributed by atoms with Crippen LogP contribution in [-0.4, -0.2) is 109 Å². The Morgan fingerprint density at radius 3 is 2.12 bits per heavy atom. The van der Waals surface area contributed by atoms with Gasteiger partial charge in [0.05, 0.1) is 17.3 Å². The normalized spacial score (nSPS) is 17.7. The van der Waals surface area contributed by atoms with Crippen LogP contribution in [0.25, 0.3) is 22.5 Å². The van der Waals surface area contributed by atoms with Gasteiger partial charge in [0.15, 0.2) is 5.82 Å². The number of amides is 5. The fourth-order valence-corrected chi connectivity index (χ4v) is 7.71. The number of nitrogens with one attached hydrogen (secondary N) is 4.